The van der Waals surface area contributed by atoms with E-state index < -0.39 is 5.97 Å². The van der Waals surface area contributed by atoms with Gasteiger partial charge in [-0.25, -0.2) is 14.8 Å². The summed E-state index contributed by atoms with van der Waals surface area (Å²) < 4.78 is 0. The summed E-state index contributed by atoms with van der Waals surface area (Å²) in [5.41, 5.74) is 0.946. The van der Waals surface area contributed by atoms with Gasteiger partial charge in [0.2, 0.25) is 0 Å². The number of pyridine rings is 1. The van der Waals surface area contributed by atoms with E-state index in [0.717, 1.165) is 10.9 Å². The van der Waals surface area contributed by atoms with Crippen LogP contribution in [0.3, 0.4) is 0 Å². The molecule has 6 heteroatoms. The number of hydrogen-bond acceptors (Lipinski definition) is 4. The molecule has 94 valence electrons. The Morgan fingerprint density at radius 2 is 2.16 bits per heavy atom. The van der Waals surface area contributed by atoms with Gasteiger partial charge in [0.1, 0.15) is 5.03 Å². The van der Waals surface area contributed by atoms with Gasteiger partial charge in [-0.3, -0.25) is 0 Å². The maximum atomic E-state index is 11.3. The summed E-state index contributed by atoms with van der Waals surface area (Å²) in [7, 11) is 0. The Morgan fingerprint density at radius 1 is 1.32 bits per heavy atom. The van der Waals surface area contributed by atoms with Crippen LogP contribution in [0, 0.1) is 0 Å². The number of hydrogen-bond donors (Lipinski definition) is 2. The van der Waals surface area contributed by atoms with E-state index in [0.29, 0.717) is 10.2 Å². The molecule has 0 aliphatic rings. The highest BCUT2D eigenvalue weighted by atomic mass is 32.2. The number of benzene rings is 1. The lowest BCUT2D eigenvalue weighted by molar-refractivity contribution is 0.0692. The molecule has 5 nitrogen and oxygen atoms in total. The van der Waals surface area contributed by atoms with Gasteiger partial charge in [0, 0.05) is 17.8 Å². The van der Waals surface area contributed by atoms with Crippen LogP contribution in [0.25, 0.3) is 10.9 Å². The van der Waals surface area contributed by atoms with Crippen LogP contribution < -0.4 is 0 Å². The predicted molar refractivity (Wildman–Crippen MR) is 71.4 cm³/mol. The van der Waals surface area contributed by atoms with Gasteiger partial charge in [0.15, 0.2) is 5.16 Å². The second kappa shape index (κ2) is 4.74. The number of nitrogens with one attached hydrogen (secondary N) is 1. The van der Waals surface area contributed by atoms with Gasteiger partial charge < -0.3 is 10.1 Å². The molecule has 0 aliphatic heterocycles. The average Bonchev–Trinajstić information content (AvgIpc) is 2.90. The van der Waals surface area contributed by atoms with Crippen molar-refractivity contribution in [3.63, 3.8) is 0 Å². The largest absolute Gasteiger partial charge is 0.478 e. The van der Waals surface area contributed by atoms with Gasteiger partial charge in [-0.15, -0.1) is 0 Å². The summed E-state index contributed by atoms with van der Waals surface area (Å²) in [4.78, 5) is 22.7. The number of H-pyrrole nitrogens is 1. The summed E-state index contributed by atoms with van der Waals surface area (Å²) in [6.45, 7) is 0. The molecule has 2 heterocycles. The molecule has 19 heavy (non-hydrogen) atoms. The Kier molecular flexibility index (Phi) is 2.92. The van der Waals surface area contributed by atoms with Gasteiger partial charge in [0.25, 0.3) is 0 Å². The molecule has 0 aliphatic carbocycles. The molecule has 3 aromatic rings. The number of carboxylic acids is 1. The van der Waals surface area contributed by atoms with Crippen molar-refractivity contribution in [2.24, 2.45) is 0 Å². The Hall–Kier alpha value is -2.34. The normalized spacial score (nSPS) is 10.7. The molecule has 2 N–H and O–H groups in total. The van der Waals surface area contributed by atoms with Gasteiger partial charge >= 0.3 is 5.97 Å². The van der Waals surface area contributed by atoms with Crippen LogP contribution in [-0.4, -0.2) is 26.0 Å². The minimum Gasteiger partial charge on any atom is -0.478 e. The van der Waals surface area contributed by atoms with Crippen molar-refractivity contribution in [3.05, 3.63) is 48.3 Å². The van der Waals surface area contributed by atoms with Crippen LogP contribution in [0.4, 0.5) is 0 Å². The fraction of sp³-hybridized carbons (Fsp3) is 0. The smallest absolute Gasteiger partial charge is 0.338 e. The fourth-order valence-corrected chi connectivity index (χ4v) is 2.55. The van der Waals surface area contributed by atoms with Gasteiger partial charge in [-0.2, -0.15) is 0 Å². The number of imidazole rings is 1. The third-order valence-corrected chi connectivity index (χ3v) is 3.51. The van der Waals surface area contributed by atoms with Gasteiger partial charge in [-0.05, 0) is 23.9 Å². The second-order valence-corrected chi connectivity index (χ2v) is 4.81. The van der Waals surface area contributed by atoms with Crippen molar-refractivity contribution in [2.75, 3.05) is 0 Å². The van der Waals surface area contributed by atoms with Crippen LogP contribution in [-0.2, 0) is 0 Å². The monoisotopic (exact) mass is 271 g/mol. The Bertz CT molecular complexity index is 741. The highest BCUT2D eigenvalue weighted by molar-refractivity contribution is 7.99. The van der Waals surface area contributed by atoms with E-state index in [2.05, 4.69) is 15.0 Å². The molecule has 0 fully saturated rings. The zero-order valence-corrected chi connectivity index (χ0v) is 10.5. The first-order valence-corrected chi connectivity index (χ1v) is 6.36. The molecule has 0 saturated heterocycles. The summed E-state index contributed by atoms with van der Waals surface area (Å²) in [5.74, 6) is -0.993. The highest BCUT2D eigenvalue weighted by Gasteiger charge is 2.15. The number of rotatable bonds is 3. The van der Waals surface area contributed by atoms with E-state index in [1.807, 2.05) is 24.3 Å². The number of carboxylic acid groups (broad SMARTS) is 1. The third kappa shape index (κ3) is 2.30. The maximum absolute atomic E-state index is 11.3. The SMILES string of the molecule is O=C(O)c1cc2ccccc2nc1Sc1ncc[nH]1. The summed E-state index contributed by atoms with van der Waals surface area (Å²) in [5, 5.41) is 11.1. The molecule has 1 aromatic carbocycles. The lowest BCUT2D eigenvalue weighted by atomic mass is 10.1. The van der Waals surface area contributed by atoms with E-state index in [4.69, 9.17) is 0 Å². The van der Waals surface area contributed by atoms with Crippen molar-refractivity contribution < 1.29 is 9.90 Å². The predicted octanol–water partition coefficient (Wildman–Crippen LogP) is 2.81. The van der Waals surface area contributed by atoms with Crippen LogP contribution in [0.5, 0.6) is 0 Å². The molecule has 0 spiro atoms. The number of nitrogens with zero attached hydrogens (tertiary/aromatic N) is 2. The van der Waals surface area contributed by atoms with Crippen molar-refractivity contribution >= 4 is 28.6 Å². The number of aromatic nitrogens is 3. The molecule has 2 aromatic heterocycles. The number of fused-ring (bicyclic) bond motifs is 1. The molecule has 0 radical (unpaired) electrons. The molecule has 0 unspecified atom stereocenters. The second-order valence-electron chi connectivity index (χ2n) is 3.84. The Labute approximate surface area is 112 Å². The van der Waals surface area contributed by atoms with E-state index in [-0.39, 0.29) is 5.56 Å². The Morgan fingerprint density at radius 3 is 2.89 bits per heavy atom. The molecular formula is C13H9N3O2S. The zero-order chi connectivity index (χ0) is 13.2. The summed E-state index contributed by atoms with van der Waals surface area (Å²) in [6.07, 6.45) is 3.30. The molecule has 0 bridgehead atoms. The minimum atomic E-state index is -0.993. The van der Waals surface area contributed by atoms with Crippen molar-refractivity contribution in [1.82, 2.24) is 15.0 Å². The maximum Gasteiger partial charge on any atom is 0.338 e. The highest BCUT2D eigenvalue weighted by Crippen LogP contribution is 2.28. The van der Waals surface area contributed by atoms with E-state index in [9.17, 15) is 9.90 Å². The number of aromatic amines is 1. The molecule has 0 atom stereocenters. The van der Waals surface area contributed by atoms with Crippen LogP contribution >= 0.6 is 11.8 Å². The molecular weight excluding hydrogens is 262 g/mol. The quantitative estimate of drug-likeness (QED) is 0.765. The van der Waals surface area contributed by atoms with E-state index >= 15 is 0 Å². The molecule has 0 saturated carbocycles. The Balaban J connectivity index is 2.15. The van der Waals surface area contributed by atoms with Crippen LogP contribution in [0.2, 0.25) is 0 Å². The molecule has 3 rings (SSSR count). The first-order valence-electron chi connectivity index (χ1n) is 5.54. The number of carbonyl (C=O) groups is 1. The van der Waals surface area contributed by atoms with E-state index in [1.165, 1.54) is 11.8 Å². The fourth-order valence-electron chi connectivity index (χ4n) is 1.73. The first-order chi connectivity index (χ1) is 9.24. The van der Waals surface area contributed by atoms with E-state index in [1.54, 1.807) is 18.5 Å². The average molecular weight is 271 g/mol. The van der Waals surface area contributed by atoms with Crippen molar-refractivity contribution in [2.45, 2.75) is 10.2 Å². The lowest BCUT2D eigenvalue weighted by Gasteiger charge is -2.05. The zero-order valence-electron chi connectivity index (χ0n) is 9.70. The molecule has 0 amide bonds. The van der Waals surface area contributed by atoms with Crippen molar-refractivity contribution in [3.8, 4) is 0 Å². The van der Waals surface area contributed by atoms with Crippen LogP contribution in [0.1, 0.15) is 10.4 Å². The topological polar surface area (TPSA) is 78.9 Å². The number of aromatic carboxylic acids is 1. The summed E-state index contributed by atoms with van der Waals surface area (Å²) in [6, 6.07) is 9.06. The summed E-state index contributed by atoms with van der Waals surface area (Å²) >= 11 is 1.21. The van der Waals surface area contributed by atoms with Crippen LogP contribution in [0.15, 0.2) is 52.9 Å². The lowest BCUT2D eigenvalue weighted by Crippen LogP contribution is -2.01. The first kappa shape index (κ1) is 11.7. The van der Waals surface area contributed by atoms with Crippen molar-refractivity contribution in [1.29, 1.82) is 0 Å². The minimum absolute atomic E-state index is 0.181. The van der Waals surface area contributed by atoms with Gasteiger partial charge in [-0.1, -0.05) is 18.2 Å². The standard InChI is InChI=1S/C13H9N3O2S/c17-12(18)9-7-8-3-1-2-4-10(8)16-11(9)19-13-14-5-6-15-13/h1-7H,(H,14,15)(H,17,18). The number of para-hydroxylation sites is 1. The van der Waals surface area contributed by atoms with Gasteiger partial charge in [0.05, 0.1) is 11.1 Å². The third-order valence-electron chi connectivity index (χ3n) is 2.59.